The Bertz CT molecular complexity index is 361. The number of hydrogen-bond donors (Lipinski definition) is 3. The number of piperidine rings is 1. The summed E-state index contributed by atoms with van der Waals surface area (Å²) in [6, 6.07) is -0.405. The maximum absolute atomic E-state index is 11.8. The minimum absolute atomic E-state index is 0.128. The number of amides is 3. The fraction of sp³-hybridized carbons (Fsp3) is 0.750. The largest absolute Gasteiger partial charge is 0.481 e. The summed E-state index contributed by atoms with van der Waals surface area (Å²) in [6.07, 6.45) is 1.24. The lowest BCUT2D eigenvalue weighted by atomic mass is 9.99. The molecule has 20 heavy (non-hydrogen) atoms. The van der Waals surface area contributed by atoms with Gasteiger partial charge in [0, 0.05) is 26.7 Å². The van der Waals surface area contributed by atoms with E-state index in [1.165, 1.54) is 12.0 Å². The van der Waals surface area contributed by atoms with E-state index in [1.54, 1.807) is 0 Å². The molecule has 1 saturated heterocycles. The first-order chi connectivity index (χ1) is 9.54. The first-order valence-corrected chi connectivity index (χ1v) is 6.55. The Hall–Kier alpha value is -1.83. The molecule has 0 aliphatic carbocycles. The average molecular weight is 287 g/mol. The van der Waals surface area contributed by atoms with Crippen molar-refractivity contribution in [3.63, 3.8) is 0 Å². The fourth-order valence-corrected chi connectivity index (χ4v) is 1.99. The van der Waals surface area contributed by atoms with Gasteiger partial charge in [-0.05, 0) is 12.8 Å². The molecule has 1 aliphatic heterocycles. The standard InChI is InChI=1S/C12H21N3O5/c1-20-6-4-13-10(16)7-14-12(19)15-5-2-3-9(8-15)11(17)18/h9H,2-8H2,1H3,(H,13,16)(H,14,19)(H,17,18). The van der Waals surface area contributed by atoms with Crippen LogP contribution in [0, 0.1) is 5.92 Å². The smallest absolute Gasteiger partial charge is 0.317 e. The van der Waals surface area contributed by atoms with E-state index in [9.17, 15) is 14.4 Å². The lowest BCUT2D eigenvalue weighted by Crippen LogP contribution is -2.49. The van der Waals surface area contributed by atoms with Crippen molar-refractivity contribution in [1.29, 1.82) is 0 Å². The van der Waals surface area contributed by atoms with E-state index in [4.69, 9.17) is 9.84 Å². The van der Waals surface area contributed by atoms with Gasteiger partial charge in [-0.2, -0.15) is 0 Å². The second-order valence-corrected chi connectivity index (χ2v) is 4.62. The van der Waals surface area contributed by atoms with Crippen LogP contribution < -0.4 is 10.6 Å². The van der Waals surface area contributed by atoms with Crippen molar-refractivity contribution in [2.24, 2.45) is 5.92 Å². The molecule has 0 aromatic carbocycles. The molecular formula is C12H21N3O5. The maximum Gasteiger partial charge on any atom is 0.317 e. The molecule has 8 heteroatoms. The molecule has 0 aromatic rings. The van der Waals surface area contributed by atoms with E-state index < -0.39 is 17.9 Å². The van der Waals surface area contributed by atoms with Crippen LogP contribution in [0.5, 0.6) is 0 Å². The highest BCUT2D eigenvalue weighted by atomic mass is 16.5. The number of carboxylic acids is 1. The summed E-state index contributed by atoms with van der Waals surface area (Å²) in [4.78, 5) is 35.5. The van der Waals surface area contributed by atoms with Crippen LogP contribution in [-0.2, 0) is 14.3 Å². The molecule has 8 nitrogen and oxygen atoms in total. The van der Waals surface area contributed by atoms with Crippen LogP contribution >= 0.6 is 0 Å². The molecule has 1 rings (SSSR count). The van der Waals surface area contributed by atoms with Crippen molar-refractivity contribution in [2.75, 3.05) is 39.9 Å². The first kappa shape index (κ1) is 16.2. The van der Waals surface area contributed by atoms with E-state index in [0.29, 0.717) is 32.5 Å². The van der Waals surface area contributed by atoms with Crippen LogP contribution in [0.4, 0.5) is 4.79 Å². The highest BCUT2D eigenvalue weighted by Crippen LogP contribution is 2.16. The number of ether oxygens (including phenoxy) is 1. The number of carbonyl (C=O) groups is 3. The second kappa shape index (κ2) is 8.36. The molecule has 3 amide bonds. The minimum atomic E-state index is -0.889. The Morgan fingerprint density at radius 2 is 2.10 bits per heavy atom. The molecule has 1 heterocycles. The number of nitrogens with one attached hydrogen (secondary N) is 2. The zero-order valence-corrected chi connectivity index (χ0v) is 11.6. The van der Waals surface area contributed by atoms with Crippen LogP contribution in [-0.4, -0.2) is 67.8 Å². The molecule has 1 atom stereocenters. The van der Waals surface area contributed by atoms with E-state index in [2.05, 4.69) is 10.6 Å². The molecule has 0 radical (unpaired) electrons. The lowest BCUT2D eigenvalue weighted by molar-refractivity contribution is -0.143. The predicted octanol–water partition coefficient (Wildman–Crippen LogP) is -0.745. The zero-order valence-electron chi connectivity index (χ0n) is 11.6. The van der Waals surface area contributed by atoms with Crippen LogP contribution in [0.15, 0.2) is 0 Å². The summed E-state index contributed by atoms with van der Waals surface area (Å²) >= 11 is 0. The number of aliphatic carboxylic acids is 1. The van der Waals surface area contributed by atoms with E-state index >= 15 is 0 Å². The number of urea groups is 1. The Balaban J connectivity index is 2.28. The Kier molecular flexibility index (Phi) is 6.78. The number of hydrogen-bond acceptors (Lipinski definition) is 4. The third-order valence-electron chi connectivity index (χ3n) is 3.09. The van der Waals surface area contributed by atoms with Crippen molar-refractivity contribution in [3.8, 4) is 0 Å². The normalized spacial score (nSPS) is 18.4. The molecule has 1 aliphatic rings. The van der Waals surface area contributed by atoms with Gasteiger partial charge in [0.25, 0.3) is 0 Å². The Labute approximate surface area is 117 Å². The van der Waals surface area contributed by atoms with Crippen LogP contribution in [0.25, 0.3) is 0 Å². The van der Waals surface area contributed by atoms with Gasteiger partial charge < -0.3 is 25.4 Å². The van der Waals surface area contributed by atoms with Crippen LogP contribution in [0.1, 0.15) is 12.8 Å². The van der Waals surface area contributed by atoms with Gasteiger partial charge in [-0.3, -0.25) is 9.59 Å². The number of rotatable bonds is 6. The lowest BCUT2D eigenvalue weighted by Gasteiger charge is -2.30. The van der Waals surface area contributed by atoms with Gasteiger partial charge in [-0.15, -0.1) is 0 Å². The maximum atomic E-state index is 11.8. The first-order valence-electron chi connectivity index (χ1n) is 6.55. The molecule has 0 aromatic heterocycles. The van der Waals surface area contributed by atoms with E-state index in [1.807, 2.05) is 0 Å². The third kappa shape index (κ3) is 5.43. The number of carboxylic acid groups (broad SMARTS) is 1. The van der Waals surface area contributed by atoms with Crippen LogP contribution in [0.2, 0.25) is 0 Å². The van der Waals surface area contributed by atoms with Gasteiger partial charge in [0.05, 0.1) is 19.1 Å². The molecule has 1 unspecified atom stereocenters. The van der Waals surface area contributed by atoms with Gasteiger partial charge >= 0.3 is 12.0 Å². The average Bonchev–Trinajstić information content (AvgIpc) is 2.45. The fourth-order valence-electron chi connectivity index (χ4n) is 1.99. The molecular weight excluding hydrogens is 266 g/mol. The third-order valence-corrected chi connectivity index (χ3v) is 3.09. The van der Waals surface area contributed by atoms with Gasteiger partial charge in [-0.1, -0.05) is 0 Å². The molecule has 0 spiro atoms. The van der Waals surface area contributed by atoms with Gasteiger partial charge in [0.1, 0.15) is 0 Å². The Morgan fingerprint density at radius 1 is 1.35 bits per heavy atom. The summed E-state index contributed by atoms with van der Waals surface area (Å²) in [6.45, 7) is 1.37. The van der Waals surface area contributed by atoms with Gasteiger partial charge in [-0.25, -0.2) is 4.79 Å². The predicted molar refractivity (Wildman–Crippen MR) is 70.2 cm³/mol. The molecule has 114 valence electrons. The summed E-state index contributed by atoms with van der Waals surface area (Å²) < 4.78 is 4.78. The van der Waals surface area contributed by atoms with Crippen molar-refractivity contribution < 1.29 is 24.2 Å². The van der Waals surface area contributed by atoms with Gasteiger partial charge in [0.2, 0.25) is 5.91 Å². The number of nitrogens with zero attached hydrogens (tertiary/aromatic N) is 1. The number of likely N-dealkylation sites (tertiary alicyclic amines) is 1. The van der Waals surface area contributed by atoms with Crippen molar-refractivity contribution >= 4 is 17.9 Å². The topological polar surface area (TPSA) is 108 Å². The number of carbonyl (C=O) groups excluding carboxylic acids is 2. The van der Waals surface area contributed by atoms with Crippen LogP contribution in [0.3, 0.4) is 0 Å². The monoisotopic (exact) mass is 287 g/mol. The van der Waals surface area contributed by atoms with E-state index in [0.717, 1.165) is 0 Å². The van der Waals surface area contributed by atoms with E-state index in [-0.39, 0.29) is 19.0 Å². The minimum Gasteiger partial charge on any atom is -0.481 e. The highest BCUT2D eigenvalue weighted by molar-refractivity contribution is 5.84. The molecule has 3 N–H and O–H groups in total. The second-order valence-electron chi connectivity index (χ2n) is 4.62. The Morgan fingerprint density at radius 3 is 2.75 bits per heavy atom. The zero-order chi connectivity index (χ0) is 15.0. The SMILES string of the molecule is COCCNC(=O)CNC(=O)N1CCCC(C(=O)O)C1. The summed E-state index contributed by atoms with van der Waals surface area (Å²) in [5, 5.41) is 14.0. The summed E-state index contributed by atoms with van der Waals surface area (Å²) in [5.74, 6) is -1.72. The molecule has 0 saturated carbocycles. The quantitative estimate of drug-likeness (QED) is 0.557. The molecule has 0 bridgehead atoms. The van der Waals surface area contributed by atoms with Crippen molar-refractivity contribution in [1.82, 2.24) is 15.5 Å². The van der Waals surface area contributed by atoms with Crippen molar-refractivity contribution in [2.45, 2.75) is 12.8 Å². The number of methoxy groups -OCH3 is 1. The van der Waals surface area contributed by atoms with Crippen molar-refractivity contribution in [3.05, 3.63) is 0 Å². The molecule has 1 fully saturated rings. The highest BCUT2D eigenvalue weighted by Gasteiger charge is 2.28. The summed E-state index contributed by atoms with van der Waals surface area (Å²) in [5.41, 5.74) is 0. The van der Waals surface area contributed by atoms with Gasteiger partial charge in [0.15, 0.2) is 0 Å². The summed E-state index contributed by atoms with van der Waals surface area (Å²) in [7, 11) is 1.53.